The first-order valence-corrected chi connectivity index (χ1v) is 5.71. The van der Waals surface area contributed by atoms with E-state index in [2.05, 4.69) is 11.7 Å². The number of hydrogen-bond acceptors (Lipinski definition) is 3. The van der Waals surface area contributed by atoms with E-state index in [4.69, 9.17) is 4.74 Å². The van der Waals surface area contributed by atoms with Gasteiger partial charge >= 0.3 is 5.97 Å². The van der Waals surface area contributed by atoms with Gasteiger partial charge in [0.2, 0.25) is 0 Å². The van der Waals surface area contributed by atoms with Gasteiger partial charge in [0, 0.05) is 6.42 Å². The molecule has 0 aromatic carbocycles. The molecule has 1 aliphatic rings. The van der Waals surface area contributed by atoms with Crippen molar-refractivity contribution >= 4 is 5.97 Å². The Bertz CT molecular complexity index is 233. The van der Waals surface area contributed by atoms with Crippen LogP contribution in [0.2, 0.25) is 0 Å². The number of carbonyl (C=O) groups excluding carboxylic acids is 1. The van der Waals surface area contributed by atoms with Crippen LogP contribution in [0.3, 0.4) is 0 Å². The number of rotatable bonds is 5. The number of carbonyl (C=O) groups is 1. The summed E-state index contributed by atoms with van der Waals surface area (Å²) in [5.41, 5.74) is 0. The third kappa shape index (κ3) is 4.36. The molecule has 1 aliphatic heterocycles. The summed E-state index contributed by atoms with van der Waals surface area (Å²) in [6, 6.07) is 0. The van der Waals surface area contributed by atoms with E-state index in [0.29, 0.717) is 6.10 Å². The van der Waals surface area contributed by atoms with Crippen LogP contribution in [0, 0.1) is 0 Å². The Labute approximate surface area is 91.4 Å². The highest BCUT2D eigenvalue weighted by molar-refractivity contribution is 5.82. The predicted octanol–water partition coefficient (Wildman–Crippen LogP) is 2.80. The second kappa shape index (κ2) is 6.49. The first kappa shape index (κ1) is 12.1. The molecule has 0 aliphatic carbocycles. The maximum atomic E-state index is 11.0. The van der Waals surface area contributed by atoms with Gasteiger partial charge in [-0.1, -0.05) is 19.8 Å². The van der Waals surface area contributed by atoms with Gasteiger partial charge in [-0.2, -0.15) is 0 Å². The summed E-state index contributed by atoms with van der Waals surface area (Å²) in [6.07, 6.45) is 8.48. The van der Waals surface area contributed by atoms with Gasteiger partial charge in [0.15, 0.2) is 0 Å². The lowest BCUT2D eigenvalue weighted by atomic mass is 10.1. The molecule has 1 rings (SSSR count). The molecule has 0 spiro atoms. The SMILES string of the molecule is CCCCCC1CC/C(=C\C(=O)OC)O1. The molecular weight excluding hydrogens is 192 g/mol. The third-order valence-electron chi connectivity index (χ3n) is 2.64. The zero-order chi connectivity index (χ0) is 11.1. The van der Waals surface area contributed by atoms with E-state index in [0.717, 1.165) is 25.0 Å². The van der Waals surface area contributed by atoms with E-state index in [9.17, 15) is 4.79 Å². The summed E-state index contributed by atoms with van der Waals surface area (Å²) < 4.78 is 10.2. The summed E-state index contributed by atoms with van der Waals surface area (Å²) in [5.74, 6) is 0.461. The standard InChI is InChI=1S/C12H20O3/c1-3-4-5-6-10-7-8-11(15-10)9-12(13)14-2/h9-10H,3-8H2,1-2H3/b11-9+. The smallest absolute Gasteiger partial charge is 0.333 e. The number of hydrogen-bond donors (Lipinski definition) is 0. The molecule has 0 saturated carbocycles. The molecule has 1 atom stereocenters. The number of allylic oxidation sites excluding steroid dienone is 1. The lowest BCUT2D eigenvalue weighted by Gasteiger charge is -2.09. The minimum Gasteiger partial charge on any atom is -0.494 e. The van der Waals surface area contributed by atoms with Gasteiger partial charge in [-0.3, -0.25) is 0 Å². The molecule has 0 amide bonds. The van der Waals surface area contributed by atoms with Crippen molar-refractivity contribution in [2.45, 2.75) is 51.6 Å². The van der Waals surface area contributed by atoms with Crippen LogP contribution in [0.1, 0.15) is 45.4 Å². The van der Waals surface area contributed by atoms with Crippen molar-refractivity contribution in [2.75, 3.05) is 7.11 Å². The Balaban J connectivity index is 2.26. The van der Waals surface area contributed by atoms with Crippen LogP contribution >= 0.6 is 0 Å². The molecule has 1 saturated heterocycles. The van der Waals surface area contributed by atoms with Gasteiger partial charge in [0.1, 0.15) is 5.76 Å². The maximum absolute atomic E-state index is 11.0. The highest BCUT2D eigenvalue weighted by atomic mass is 16.5. The van der Waals surface area contributed by atoms with Crippen molar-refractivity contribution < 1.29 is 14.3 Å². The van der Waals surface area contributed by atoms with Crippen molar-refractivity contribution in [3.63, 3.8) is 0 Å². The van der Waals surface area contributed by atoms with E-state index in [1.807, 2.05) is 0 Å². The first-order chi connectivity index (χ1) is 7.26. The summed E-state index contributed by atoms with van der Waals surface area (Å²) in [7, 11) is 1.38. The van der Waals surface area contributed by atoms with E-state index >= 15 is 0 Å². The topological polar surface area (TPSA) is 35.5 Å². The summed E-state index contributed by atoms with van der Waals surface area (Å²) in [5, 5.41) is 0. The fraction of sp³-hybridized carbons (Fsp3) is 0.750. The molecule has 1 unspecified atom stereocenters. The average molecular weight is 212 g/mol. The molecule has 1 fully saturated rings. The Morgan fingerprint density at radius 1 is 1.60 bits per heavy atom. The van der Waals surface area contributed by atoms with Crippen molar-refractivity contribution in [1.82, 2.24) is 0 Å². The van der Waals surface area contributed by atoms with Crippen molar-refractivity contribution in [3.05, 3.63) is 11.8 Å². The maximum Gasteiger partial charge on any atom is 0.333 e. The van der Waals surface area contributed by atoms with Crippen molar-refractivity contribution in [2.24, 2.45) is 0 Å². The van der Waals surface area contributed by atoms with Crippen LogP contribution in [-0.4, -0.2) is 19.2 Å². The number of unbranched alkanes of at least 4 members (excludes halogenated alkanes) is 2. The Hall–Kier alpha value is -0.990. The summed E-state index contributed by atoms with van der Waals surface area (Å²) >= 11 is 0. The first-order valence-electron chi connectivity index (χ1n) is 5.71. The van der Waals surface area contributed by atoms with Crippen LogP contribution < -0.4 is 0 Å². The Morgan fingerprint density at radius 3 is 3.07 bits per heavy atom. The van der Waals surface area contributed by atoms with E-state index < -0.39 is 0 Å². The number of methoxy groups -OCH3 is 1. The van der Waals surface area contributed by atoms with Gasteiger partial charge in [-0.25, -0.2) is 4.79 Å². The van der Waals surface area contributed by atoms with Crippen LogP contribution in [0.5, 0.6) is 0 Å². The minimum atomic E-state index is -0.320. The fourth-order valence-corrected chi connectivity index (χ4v) is 1.76. The molecule has 3 nitrogen and oxygen atoms in total. The highest BCUT2D eigenvalue weighted by Gasteiger charge is 2.20. The van der Waals surface area contributed by atoms with Crippen molar-refractivity contribution in [1.29, 1.82) is 0 Å². The Morgan fingerprint density at radius 2 is 2.40 bits per heavy atom. The molecule has 0 aromatic heterocycles. The second-order valence-electron chi connectivity index (χ2n) is 3.91. The quantitative estimate of drug-likeness (QED) is 0.399. The molecule has 86 valence electrons. The predicted molar refractivity (Wildman–Crippen MR) is 58.3 cm³/mol. The minimum absolute atomic E-state index is 0.312. The fourth-order valence-electron chi connectivity index (χ4n) is 1.76. The van der Waals surface area contributed by atoms with Gasteiger partial charge in [0.05, 0.1) is 19.3 Å². The van der Waals surface area contributed by atoms with Gasteiger partial charge < -0.3 is 9.47 Å². The monoisotopic (exact) mass is 212 g/mol. The van der Waals surface area contributed by atoms with E-state index in [1.165, 1.54) is 32.4 Å². The normalized spacial score (nSPS) is 22.8. The zero-order valence-electron chi connectivity index (χ0n) is 9.62. The van der Waals surface area contributed by atoms with Gasteiger partial charge in [-0.05, 0) is 19.3 Å². The largest absolute Gasteiger partial charge is 0.494 e. The zero-order valence-corrected chi connectivity index (χ0v) is 9.62. The lowest BCUT2D eigenvalue weighted by Crippen LogP contribution is -2.04. The van der Waals surface area contributed by atoms with E-state index in [1.54, 1.807) is 0 Å². The van der Waals surface area contributed by atoms with E-state index in [-0.39, 0.29) is 5.97 Å². The number of ether oxygens (including phenoxy) is 2. The highest BCUT2D eigenvalue weighted by Crippen LogP contribution is 2.26. The molecule has 0 aromatic rings. The van der Waals surface area contributed by atoms with Crippen LogP contribution in [0.25, 0.3) is 0 Å². The third-order valence-corrected chi connectivity index (χ3v) is 2.64. The van der Waals surface area contributed by atoms with Gasteiger partial charge in [-0.15, -0.1) is 0 Å². The number of esters is 1. The molecule has 1 heterocycles. The Kier molecular flexibility index (Phi) is 5.22. The van der Waals surface area contributed by atoms with Crippen LogP contribution in [0.4, 0.5) is 0 Å². The molecule has 0 N–H and O–H groups in total. The summed E-state index contributed by atoms with van der Waals surface area (Å²) in [6.45, 7) is 2.19. The second-order valence-corrected chi connectivity index (χ2v) is 3.91. The molecule has 3 heteroatoms. The van der Waals surface area contributed by atoms with Crippen molar-refractivity contribution in [3.8, 4) is 0 Å². The molecule has 0 radical (unpaired) electrons. The molecule has 0 bridgehead atoms. The van der Waals surface area contributed by atoms with Crippen LogP contribution in [0.15, 0.2) is 11.8 Å². The molecular formula is C12H20O3. The van der Waals surface area contributed by atoms with Crippen LogP contribution in [-0.2, 0) is 14.3 Å². The summed E-state index contributed by atoms with van der Waals surface area (Å²) in [4.78, 5) is 11.0. The van der Waals surface area contributed by atoms with Gasteiger partial charge in [0.25, 0.3) is 0 Å². The molecule has 15 heavy (non-hydrogen) atoms. The lowest BCUT2D eigenvalue weighted by molar-refractivity contribution is -0.135. The average Bonchev–Trinajstić information content (AvgIpc) is 2.66.